The van der Waals surface area contributed by atoms with Gasteiger partial charge in [-0.15, -0.1) is 5.10 Å². The van der Waals surface area contributed by atoms with E-state index in [9.17, 15) is 0 Å². The minimum Gasteiger partial charge on any atom is -0.387 e. The summed E-state index contributed by atoms with van der Waals surface area (Å²) in [6.07, 6.45) is 5.16. The summed E-state index contributed by atoms with van der Waals surface area (Å²) in [6, 6.07) is 15.7. The van der Waals surface area contributed by atoms with Gasteiger partial charge in [0.25, 0.3) is 0 Å². The molecule has 4 aromatic heterocycles. The van der Waals surface area contributed by atoms with Gasteiger partial charge in [-0.25, -0.2) is 14.5 Å². The summed E-state index contributed by atoms with van der Waals surface area (Å²) < 4.78 is 3.86. The maximum atomic E-state index is 5.40. The van der Waals surface area contributed by atoms with Crippen molar-refractivity contribution in [2.24, 2.45) is 5.16 Å². The van der Waals surface area contributed by atoms with Crippen LogP contribution in [-0.4, -0.2) is 35.3 Å². The van der Waals surface area contributed by atoms with Gasteiger partial charge in [0, 0.05) is 11.9 Å². The van der Waals surface area contributed by atoms with E-state index in [1.165, 1.54) is 0 Å². The van der Waals surface area contributed by atoms with E-state index in [0.29, 0.717) is 12.4 Å². The molecule has 0 fully saturated rings. The zero-order valence-electron chi connectivity index (χ0n) is 17.3. The zero-order valence-corrected chi connectivity index (χ0v) is 17.3. The molecule has 0 aliphatic rings. The lowest BCUT2D eigenvalue weighted by molar-refractivity contribution is 0.126. The van der Waals surface area contributed by atoms with Crippen LogP contribution < -0.4 is 0 Å². The van der Waals surface area contributed by atoms with Crippen LogP contribution in [0.15, 0.2) is 66.2 Å². The highest BCUT2D eigenvalue weighted by molar-refractivity contribution is 5.93. The van der Waals surface area contributed by atoms with Gasteiger partial charge in [0.05, 0.1) is 23.8 Å². The Morgan fingerprint density at radius 1 is 1.00 bits per heavy atom. The van der Waals surface area contributed by atoms with Crippen molar-refractivity contribution < 1.29 is 4.84 Å². The van der Waals surface area contributed by atoms with Gasteiger partial charge in [0.2, 0.25) is 0 Å². The number of pyridine rings is 1. The number of oxime groups is 1. The van der Waals surface area contributed by atoms with Crippen molar-refractivity contribution in [2.45, 2.75) is 27.0 Å². The van der Waals surface area contributed by atoms with Crippen LogP contribution in [0.4, 0.5) is 0 Å². The third kappa shape index (κ3) is 3.63. The van der Waals surface area contributed by atoms with Gasteiger partial charge in [0.15, 0.2) is 18.1 Å². The van der Waals surface area contributed by atoms with Crippen LogP contribution in [0.2, 0.25) is 0 Å². The van der Waals surface area contributed by atoms with Gasteiger partial charge in [-0.1, -0.05) is 41.6 Å². The average Bonchev–Trinajstić information content (AvgIpc) is 3.32. The van der Waals surface area contributed by atoms with Crippen molar-refractivity contribution in [1.29, 1.82) is 0 Å². The number of nitrogens with zero attached hydrogens (tertiary/aromatic N) is 7. The van der Waals surface area contributed by atoms with E-state index in [4.69, 9.17) is 9.82 Å². The van der Waals surface area contributed by atoms with Crippen LogP contribution in [-0.2, 0) is 18.0 Å². The molecule has 0 saturated heterocycles. The molecule has 0 aliphatic heterocycles. The zero-order chi connectivity index (χ0) is 21.2. The van der Waals surface area contributed by atoms with Crippen LogP contribution in [0.1, 0.15) is 28.3 Å². The van der Waals surface area contributed by atoms with E-state index in [1.807, 2.05) is 48.5 Å². The van der Waals surface area contributed by atoms with E-state index < -0.39 is 0 Å². The summed E-state index contributed by atoms with van der Waals surface area (Å²) in [6.45, 7) is 5.01. The summed E-state index contributed by atoms with van der Waals surface area (Å²) in [5.74, 6) is 0.550. The van der Waals surface area contributed by atoms with Crippen molar-refractivity contribution in [3.05, 3.63) is 89.4 Å². The Hall–Kier alpha value is -4.07. The molecular weight excluding hydrogens is 390 g/mol. The first-order valence-corrected chi connectivity index (χ1v) is 10.0. The van der Waals surface area contributed by atoms with Gasteiger partial charge in [-0.3, -0.25) is 4.98 Å². The molecule has 0 unspecified atom stereocenters. The SMILES string of the molecule is Cc1c(C)n(Cc2ccccn2)c2ncn3nc(CO/N=C/c4ccccc4)nc3c12. The fraction of sp³-hybridized carbons (Fsp3) is 0.174. The summed E-state index contributed by atoms with van der Waals surface area (Å²) in [5.41, 5.74) is 5.85. The van der Waals surface area contributed by atoms with E-state index in [2.05, 4.69) is 38.6 Å². The summed E-state index contributed by atoms with van der Waals surface area (Å²) in [7, 11) is 0. The van der Waals surface area contributed by atoms with Crippen LogP contribution in [0, 0.1) is 13.8 Å². The Bertz CT molecular complexity index is 1370. The monoisotopic (exact) mass is 411 g/mol. The van der Waals surface area contributed by atoms with Gasteiger partial charge < -0.3 is 9.40 Å². The Morgan fingerprint density at radius 2 is 1.84 bits per heavy atom. The molecule has 0 N–H and O–H groups in total. The molecule has 0 aliphatic carbocycles. The maximum Gasteiger partial charge on any atom is 0.192 e. The van der Waals surface area contributed by atoms with Crippen LogP contribution in [0.3, 0.4) is 0 Å². The quantitative estimate of drug-likeness (QED) is 0.314. The van der Waals surface area contributed by atoms with Crippen LogP contribution >= 0.6 is 0 Å². The molecule has 0 amide bonds. The van der Waals surface area contributed by atoms with E-state index >= 15 is 0 Å². The number of hydrogen-bond donors (Lipinski definition) is 0. The minimum absolute atomic E-state index is 0.180. The number of benzene rings is 1. The second-order valence-electron chi connectivity index (χ2n) is 7.28. The fourth-order valence-corrected chi connectivity index (χ4v) is 3.62. The van der Waals surface area contributed by atoms with Crippen LogP contribution in [0.25, 0.3) is 16.7 Å². The smallest absolute Gasteiger partial charge is 0.192 e. The van der Waals surface area contributed by atoms with Gasteiger partial charge in [-0.2, -0.15) is 0 Å². The fourth-order valence-electron chi connectivity index (χ4n) is 3.62. The maximum absolute atomic E-state index is 5.40. The molecule has 8 nitrogen and oxygen atoms in total. The molecule has 0 spiro atoms. The highest BCUT2D eigenvalue weighted by atomic mass is 16.6. The minimum atomic E-state index is 0.180. The molecule has 0 radical (unpaired) electrons. The molecule has 0 saturated carbocycles. The lowest BCUT2D eigenvalue weighted by Crippen LogP contribution is -2.04. The van der Waals surface area contributed by atoms with Crippen molar-refractivity contribution in [3.8, 4) is 0 Å². The highest BCUT2D eigenvalue weighted by Gasteiger charge is 2.18. The van der Waals surface area contributed by atoms with Crippen molar-refractivity contribution in [2.75, 3.05) is 0 Å². The molecule has 1 aromatic carbocycles. The van der Waals surface area contributed by atoms with Crippen molar-refractivity contribution in [3.63, 3.8) is 0 Å². The standard InChI is InChI=1S/C23H21N7O/c1-16-17(2)29(13-19-10-6-7-11-24-19)22-21(16)23-27-20(28-30(23)15-25-22)14-31-26-12-18-8-4-3-5-9-18/h3-12,15H,13-14H2,1-2H3/b26-12+. The van der Waals surface area contributed by atoms with Gasteiger partial charge in [-0.05, 0) is 37.1 Å². The number of fused-ring (bicyclic) bond motifs is 3. The molecule has 0 atom stereocenters. The molecule has 5 aromatic rings. The summed E-state index contributed by atoms with van der Waals surface area (Å²) in [4.78, 5) is 19.2. The van der Waals surface area contributed by atoms with Gasteiger partial charge >= 0.3 is 0 Å². The molecule has 0 bridgehead atoms. The average molecular weight is 411 g/mol. The van der Waals surface area contributed by atoms with E-state index in [1.54, 1.807) is 23.3 Å². The summed E-state index contributed by atoms with van der Waals surface area (Å²) >= 11 is 0. The Labute approximate surface area is 178 Å². The third-order valence-corrected chi connectivity index (χ3v) is 5.31. The van der Waals surface area contributed by atoms with E-state index in [-0.39, 0.29) is 6.61 Å². The number of hydrogen-bond acceptors (Lipinski definition) is 6. The summed E-state index contributed by atoms with van der Waals surface area (Å²) in [5, 5.41) is 9.49. The Balaban J connectivity index is 1.44. The highest BCUT2D eigenvalue weighted by Crippen LogP contribution is 2.27. The number of rotatable bonds is 6. The molecule has 4 heterocycles. The third-order valence-electron chi connectivity index (χ3n) is 5.31. The molecule has 5 rings (SSSR count). The largest absolute Gasteiger partial charge is 0.387 e. The second-order valence-corrected chi connectivity index (χ2v) is 7.28. The molecule has 8 heteroatoms. The Kier molecular flexibility index (Phi) is 4.87. The molecular formula is C23H21N7O. The second kappa shape index (κ2) is 7.98. The number of aromatic nitrogens is 6. The van der Waals surface area contributed by atoms with Crippen molar-refractivity contribution in [1.82, 2.24) is 29.1 Å². The topological polar surface area (TPSA) is 82.5 Å². The lowest BCUT2D eigenvalue weighted by atomic mass is 10.2. The first-order chi connectivity index (χ1) is 15.2. The molecule has 31 heavy (non-hydrogen) atoms. The van der Waals surface area contributed by atoms with E-state index in [0.717, 1.165) is 39.2 Å². The van der Waals surface area contributed by atoms with Gasteiger partial charge in [0.1, 0.15) is 12.0 Å². The van der Waals surface area contributed by atoms with Crippen LogP contribution in [0.5, 0.6) is 0 Å². The first kappa shape index (κ1) is 18.9. The Morgan fingerprint density at radius 3 is 2.65 bits per heavy atom. The predicted molar refractivity (Wildman–Crippen MR) is 118 cm³/mol. The normalized spacial score (nSPS) is 11.7. The number of aryl methyl sites for hydroxylation is 1. The molecule has 154 valence electrons. The first-order valence-electron chi connectivity index (χ1n) is 10.0. The predicted octanol–water partition coefficient (Wildman–Crippen LogP) is 3.69. The van der Waals surface area contributed by atoms with Crippen molar-refractivity contribution >= 4 is 22.9 Å². The lowest BCUT2D eigenvalue weighted by Gasteiger charge is -2.07.